The van der Waals surface area contributed by atoms with Crippen LogP contribution in [-0.2, 0) is 14.3 Å². The molecule has 1 rings (SSSR count). The van der Waals surface area contributed by atoms with Crippen LogP contribution in [0.5, 0.6) is 0 Å². The summed E-state index contributed by atoms with van der Waals surface area (Å²) in [5.74, 6) is -1.46. The molecule has 0 aromatic heterocycles. The van der Waals surface area contributed by atoms with Crippen LogP contribution in [0.2, 0.25) is 0 Å². The van der Waals surface area contributed by atoms with E-state index in [1.54, 1.807) is 0 Å². The van der Waals surface area contributed by atoms with Gasteiger partial charge in [-0.1, -0.05) is 0 Å². The molecule has 0 saturated heterocycles. The lowest BCUT2D eigenvalue weighted by molar-refractivity contribution is -0.153. The second-order valence-corrected chi connectivity index (χ2v) is 4.08. The molecule has 0 aromatic carbocycles. The number of carbonyl (C=O) groups excluding carboxylic acids is 1. The number of ether oxygens (including phenoxy) is 1. The Morgan fingerprint density at radius 2 is 2.12 bits per heavy atom. The molecule has 0 heterocycles. The van der Waals surface area contributed by atoms with Crippen LogP contribution in [0.4, 0.5) is 0 Å². The van der Waals surface area contributed by atoms with Gasteiger partial charge < -0.3 is 14.7 Å². The molecule has 94 valence electrons. The molecular formula is C11H16N2O4. The fourth-order valence-corrected chi connectivity index (χ4v) is 1.65. The van der Waals surface area contributed by atoms with Crippen molar-refractivity contribution in [2.75, 3.05) is 26.8 Å². The Labute approximate surface area is 99.8 Å². The molecular weight excluding hydrogens is 224 g/mol. The molecule has 1 saturated carbocycles. The summed E-state index contributed by atoms with van der Waals surface area (Å²) >= 11 is 0. The van der Waals surface area contributed by atoms with Gasteiger partial charge in [-0.2, -0.15) is 5.26 Å². The highest BCUT2D eigenvalue weighted by Crippen LogP contribution is 2.47. The monoisotopic (exact) mass is 240 g/mol. The molecule has 1 aliphatic carbocycles. The third-order valence-corrected chi connectivity index (χ3v) is 2.91. The average molecular weight is 240 g/mol. The topological polar surface area (TPSA) is 90.6 Å². The minimum atomic E-state index is -1.23. The third kappa shape index (κ3) is 2.94. The Kier molecular flexibility index (Phi) is 4.46. The smallest absolute Gasteiger partial charge is 0.319 e. The molecule has 0 aliphatic heterocycles. The van der Waals surface area contributed by atoms with Gasteiger partial charge in [0.25, 0.3) is 0 Å². The number of hydrogen-bond acceptors (Lipinski definition) is 4. The molecule has 1 N–H and O–H groups in total. The van der Waals surface area contributed by atoms with Crippen molar-refractivity contribution in [3.8, 4) is 6.07 Å². The number of nitrogens with zero attached hydrogens (tertiary/aromatic N) is 2. The number of carboxylic acids is 1. The van der Waals surface area contributed by atoms with Crippen LogP contribution in [0, 0.1) is 16.7 Å². The third-order valence-electron chi connectivity index (χ3n) is 2.91. The highest BCUT2D eigenvalue weighted by Gasteiger charge is 2.58. The summed E-state index contributed by atoms with van der Waals surface area (Å²) in [6.45, 7) is 0.923. The van der Waals surface area contributed by atoms with Crippen LogP contribution in [0.25, 0.3) is 0 Å². The Balaban J connectivity index is 2.66. The first-order valence-electron chi connectivity index (χ1n) is 5.47. The number of hydrogen-bond donors (Lipinski definition) is 1. The summed E-state index contributed by atoms with van der Waals surface area (Å²) in [5, 5.41) is 17.5. The first kappa shape index (κ1) is 13.5. The average Bonchev–Trinajstić information content (AvgIpc) is 3.09. The van der Waals surface area contributed by atoms with Crippen molar-refractivity contribution in [2.24, 2.45) is 5.41 Å². The van der Waals surface area contributed by atoms with Gasteiger partial charge in [0.1, 0.15) is 5.41 Å². The maximum atomic E-state index is 12.1. The lowest BCUT2D eigenvalue weighted by atomic mass is 10.1. The van der Waals surface area contributed by atoms with Crippen LogP contribution < -0.4 is 0 Å². The fraction of sp³-hybridized carbons (Fsp3) is 0.727. The summed E-state index contributed by atoms with van der Waals surface area (Å²) in [5.41, 5.74) is -1.23. The molecule has 1 fully saturated rings. The summed E-state index contributed by atoms with van der Waals surface area (Å²) in [4.78, 5) is 24.5. The van der Waals surface area contributed by atoms with E-state index in [-0.39, 0.29) is 13.0 Å². The number of methoxy groups -OCH3 is 1. The predicted molar refractivity (Wildman–Crippen MR) is 58.0 cm³/mol. The van der Waals surface area contributed by atoms with E-state index in [0.717, 1.165) is 0 Å². The second kappa shape index (κ2) is 5.64. The number of carboxylic acid groups (broad SMARTS) is 1. The molecule has 0 bridgehead atoms. The van der Waals surface area contributed by atoms with Gasteiger partial charge >= 0.3 is 5.97 Å². The van der Waals surface area contributed by atoms with Crippen LogP contribution in [-0.4, -0.2) is 48.7 Å². The maximum absolute atomic E-state index is 12.1. The van der Waals surface area contributed by atoms with Crippen LogP contribution in [0.15, 0.2) is 0 Å². The van der Waals surface area contributed by atoms with Crippen molar-refractivity contribution in [1.29, 1.82) is 5.26 Å². The predicted octanol–water partition coefficient (Wildman–Crippen LogP) is 0.240. The molecule has 1 aliphatic rings. The van der Waals surface area contributed by atoms with Gasteiger partial charge in [-0.05, 0) is 12.8 Å². The van der Waals surface area contributed by atoms with E-state index >= 15 is 0 Å². The molecule has 0 spiro atoms. The van der Waals surface area contributed by atoms with Crippen molar-refractivity contribution in [3.63, 3.8) is 0 Å². The first-order valence-corrected chi connectivity index (χ1v) is 5.47. The molecule has 0 radical (unpaired) electrons. The van der Waals surface area contributed by atoms with E-state index in [9.17, 15) is 9.59 Å². The van der Waals surface area contributed by atoms with Crippen molar-refractivity contribution in [3.05, 3.63) is 0 Å². The van der Waals surface area contributed by atoms with E-state index < -0.39 is 17.3 Å². The van der Waals surface area contributed by atoms with Crippen LogP contribution >= 0.6 is 0 Å². The molecule has 0 atom stereocenters. The summed E-state index contributed by atoms with van der Waals surface area (Å²) in [6.07, 6.45) is 0.972. The normalized spacial score (nSPS) is 16.0. The second-order valence-electron chi connectivity index (χ2n) is 4.08. The largest absolute Gasteiger partial charge is 0.480 e. The first-order chi connectivity index (χ1) is 8.08. The Morgan fingerprint density at radius 3 is 2.53 bits per heavy atom. The number of aliphatic carboxylic acids is 1. The van der Waals surface area contributed by atoms with Crippen LogP contribution in [0.1, 0.15) is 19.3 Å². The van der Waals surface area contributed by atoms with Gasteiger partial charge in [-0.15, -0.1) is 0 Å². The maximum Gasteiger partial charge on any atom is 0.319 e. The molecule has 6 heteroatoms. The van der Waals surface area contributed by atoms with Gasteiger partial charge in [0.15, 0.2) is 0 Å². The van der Waals surface area contributed by atoms with Crippen molar-refractivity contribution in [2.45, 2.75) is 19.3 Å². The highest BCUT2D eigenvalue weighted by atomic mass is 16.5. The van der Waals surface area contributed by atoms with Crippen molar-refractivity contribution < 1.29 is 19.4 Å². The number of amides is 1. The van der Waals surface area contributed by atoms with E-state index in [2.05, 4.69) is 0 Å². The number of carbonyl (C=O) groups is 2. The van der Waals surface area contributed by atoms with E-state index in [0.29, 0.717) is 26.0 Å². The van der Waals surface area contributed by atoms with Gasteiger partial charge in [-0.25, -0.2) is 0 Å². The standard InChI is InChI=1S/C11H16N2O4/c1-17-8-7-13(6-2-5-12)9(14)11(3-4-11)10(15)16/h2-4,6-8H2,1H3,(H,15,16). The summed E-state index contributed by atoms with van der Waals surface area (Å²) in [7, 11) is 1.51. The van der Waals surface area contributed by atoms with E-state index in [1.165, 1.54) is 12.0 Å². The lowest BCUT2D eigenvalue weighted by Crippen LogP contribution is -2.42. The quantitative estimate of drug-likeness (QED) is 0.644. The van der Waals surface area contributed by atoms with Crippen molar-refractivity contribution in [1.82, 2.24) is 4.90 Å². The van der Waals surface area contributed by atoms with Gasteiger partial charge in [0.05, 0.1) is 19.1 Å². The minimum Gasteiger partial charge on any atom is -0.480 e. The minimum absolute atomic E-state index is 0.200. The van der Waals surface area contributed by atoms with E-state index in [1.807, 2.05) is 6.07 Å². The molecule has 1 amide bonds. The number of nitriles is 1. The van der Waals surface area contributed by atoms with Gasteiger partial charge in [0, 0.05) is 20.2 Å². The highest BCUT2D eigenvalue weighted by molar-refractivity contribution is 6.04. The summed E-state index contributed by atoms with van der Waals surface area (Å²) < 4.78 is 4.87. The molecule has 17 heavy (non-hydrogen) atoms. The lowest BCUT2D eigenvalue weighted by Gasteiger charge is -2.24. The zero-order valence-electron chi connectivity index (χ0n) is 9.81. The van der Waals surface area contributed by atoms with Crippen LogP contribution in [0.3, 0.4) is 0 Å². The van der Waals surface area contributed by atoms with Gasteiger partial charge in [-0.3, -0.25) is 9.59 Å². The van der Waals surface area contributed by atoms with Gasteiger partial charge in [0.2, 0.25) is 5.91 Å². The molecule has 0 aromatic rings. The number of rotatable bonds is 7. The molecule has 0 unspecified atom stereocenters. The fourth-order valence-electron chi connectivity index (χ4n) is 1.65. The van der Waals surface area contributed by atoms with Crippen molar-refractivity contribution >= 4 is 11.9 Å². The Bertz CT molecular complexity index is 344. The molecule has 6 nitrogen and oxygen atoms in total. The zero-order chi connectivity index (χ0) is 12.9. The summed E-state index contributed by atoms with van der Waals surface area (Å²) in [6, 6.07) is 1.95. The zero-order valence-corrected chi connectivity index (χ0v) is 9.81. The SMILES string of the molecule is COCCN(CCC#N)C(=O)C1(C(=O)O)CC1. The Hall–Kier alpha value is -1.61. The Morgan fingerprint density at radius 1 is 1.47 bits per heavy atom. The van der Waals surface area contributed by atoms with E-state index in [4.69, 9.17) is 15.1 Å².